The van der Waals surface area contributed by atoms with E-state index >= 15 is 0 Å². The molecule has 0 saturated heterocycles. The molecular weight excluding hydrogens is 286 g/mol. The molecule has 0 aliphatic rings. The van der Waals surface area contributed by atoms with E-state index < -0.39 is 19.1 Å². The molecule has 0 aliphatic heterocycles. The Kier molecular flexibility index (Phi) is 3.37. The molecule has 1 aromatic carbocycles. The molecule has 0 saturated carbocycles. The Morgan fingerprint density at radius 3 is 1.92 bits per heavy atom. The summed E-state index contributed by atoms with van der Waals surface area (Å²) in [6, 6.07) is 4.12. The van der Waals surface area contributed by atoms with Gasteiger partial charge in [-0.3, -0.25) is 0 Å². The molecule has 0 spiro atoms. The van der Waals surface area contributed by atoms with Crippen molar-refractivity contribution >= 4 is 28.0 Å². The maximum atomic E-state index is 9.40. The summed E-state index contributed by atoms with van der Waals surface area (Å²) in [5.74, 6) is 0. The predicted molar refractivity (Wildman–Crippen MR) is 61.4 cm³/mol. The van der Waals surface area contributed by atoms with E-state index in [0.717, 1.165) is 14.7 Å². The molecule has 0 radical (unpaired) electrons. The molecule has 12 heavy (non-hydrogen) atoms. The molecule has 68 valence electrons. The molecule has 1 N–H and O–H groups in total. The number of hydrogen-bond acceptors (Lipinski definition) is 1. The van der Waals surface area contributed by atoms with Crippen LogP contribution in [0.3, 0.4) is 0 Å². The predicted octanol–water partition coefficient (Wildman–Crippen LogP) is 3.35. The fourth-order valence-electron chi connectivity index (χ4n) is 1.41. The van der Waals surface area contributed by atoms with Gasteiger partial charge in [-0.05, 0) is 0 Å². The van der Waals surface area contributed by atoms with E-state index in [-0.39, 0.29) is 0 Å². The Hall–Kier alpha value is 0.200. The summed E-state index contributed by atoms with van der Waals surface area (Å²) >= 11 is -2.32. The van der Waals surface area contributed by atoms with Crippen molar-refractivity contribution in [2.45, 2.75) is 20.8 Å². The van der Waals surface area contributed by atoms with Gasteiger partial charge in [0.1, 0.15) is 0 Å². The molecule has 1 aromatic rings. The van der Waals surface area contributed by atoms with E-state index in [9.17, 15) is 3.44 Å². The van der Waals surface area contributed by atoms with Crippen LogP contribution in [0.5, 0.6) is 0 Å². The van der Waals surface area contributed by atoms with Gasteiger partial charge >= 0.3 is 84.6 Å². The average molecular weight is 299 g/mol. The first-order chi connectivity index (χ1) is 5.52. The van der Waals surface area contributed by atoms with E-state index in [2.05, 4.69) is 12.1 Å². The normalized spacial score (nSPS) is 11.6. The zero-order chi connectivity index (χ0) is 9.30. The number of rotatable bonds is 1. The third-order valence-electron chi connectivity index (χ3n) is 1.74. The zero-order valence-electron chi connectivity index (χ0n) is 7.36. The van der Waals surface area contributed by atoms with E-state index in [1.165, 1.54) is 5.56 Å². The van der Waals surface area contributed by atoms with Crippen LogP contribution in [0.25, 0.3) is 0 Å². The summed E-state index contributed by atoms with van der Waals surface area (Å²) < 4.78 is 10.4. The van der Waals surface area contributed by atoms with Crippen LogP contribution in [0, 0.1) is 24.3 Å². The van der Waals surface area contributed by atoms with Crippen LogP contribution in [-0.4, -0.2) is 3.44 Å². The van der Waals surface area contributed by atoms with Gasteiger partial charge in [0, 0.05) is 0 Å². The Morgan fingerprint density at radius 1 is 1.17 bits per heavy atom. The Bertz CT molecular complexity index is 274. The number of hydrogen-bond donors (Lipinski definition) is 1. The van der Waals surface area contributed by atoms with E-state index in [4.69, 9.17) is 8.91 Å². The second-order valence-corrected chi connectivity index (χ2v) is 7.08. The van der Waals surface area contributed by atoms with Crippen LogP contribution in [0.2, 0.25) is 0 Å². The van der Waals surface area contributed by atoms with Gasteiger partial charge in [-0.25, -0.2) is 0 Å². The van der Waals surface area contributed by atoms with Crippen LogP contribution < -0.4 is 0 Å². The van der Waals surface area contributed by atoms with Crippen LogP contribution in [0.15, 0.2) is 12.1 Å². The monoisotopic (exact) mass is 298 g/mol. The van der Waals surface area contributed by atoms with Gasteiger partial charge in [-0.2, -0.15) is 0 Å². The molecule has 0 atom stereocenters. The summed E-state index contributed by atoms with van der Waals surface area (Å²) in [6.07, 6.45) is 0. The first-order valence-corrected chi connectivity index (χ1v) is 8.43. The van der Waals surface area contributed by atoms with Gasteiger partial charge in [-0.1, -0.05) is 0 Å². The molecule has 0 amide bonds. The molecule has 0 bridgehead atoms. The van der Waals surface area contributed by atoms with E-state index in [0.29, 0.717) is 0 Å². The molecule has 0 unspecified atom stereocenters. The van der Waals surface area contributed by atoms with Crippen molar-refractivity contribution in [3.63, 3.8) is 0 Å². The molecule has 1 rings (SSSR count). The molecular formula is C9H12ClIO. The van der Waals surface area contributed by atoms with Gasteiger partial charge in [0.15, 0.2) is 0 Å². The topological polar surface area (TPSA) is 20.2 Å². The number of halogens is 2. The second kappa shape index (κ2) is 3.94. The molecule has 0 aliphatic carbocycles. The van der Waals surface area contributed by atoms with Crippen molar-refractivity contribution in [1.29, 1.82) is 0 Å². The van der Waals surface area contributed by atoms with Crippen molar-refractivity contribution < 1.29 is 3.44 Å². The zero-order valence-corrected chi connectivity index (χ0v) is 10.3. The fourth-order valence-corrected chi connectivity index (χ4v) is 4.64. The van der Waals surface area contributed by atoms with Gasteiger partial charge in [0.2, 0.25) is 0 Å². The number of benzene rings is 1. The summed E-state index contributed by atoms with van der Waals surface area (Å²) in [4.78, 5) is 0. The molecule has 0 fully saturated rings. The van der Waals surface area contributed by atoms with Gasteiger partial charge < -0.3 is 0 Å². The van der Waals surface area contributed by atoms with E-state index in [1.54, 1.807) is 0 Å². The van der Waals surface area contributed by atoms with E-state index in [1.807, 2.05) is 20.8 Å². The van der Waals surface area contributed by atoms with Gasteiger partial charge in [0.05, 0.1) is 0 Å². The van der Waals surface area contributed by atoms with Gasteiger partial charge in [-0.15, -0.1) is 0 Å². The average Bonchev–Trinajstić information content (AvgIpc) is 1.82. The Balaban J connectivity index is 3.28. The van der Waals surface area contributed by atoms with Crippen molar-refractivity contribution in [3.05, 3.63) is 32.4 Å². The fraction of sp³-hybridized carbons (Fsp3) is 0.333. The molecule has 0 heterocycles. The molecule has 1 nitrogen and oxygen atoms in total. The number of aryl methyl sites for hydroxylation is 3. The quantitative estimate of drug-likeness (QED) is 0.788. The maximum absolute atomic E-state index is 9.40. The Labute approximate surface area is 84.4 Å². The van der Waals surface area contributed by atoms with Crippen LogP contribution in [-0.2, 0) is 0 Å². The third kappa shape index (κ3) is 2.12. The van der Waals surface area contributed by atoms with Crippen LogP contribution in [0.1, 0.15) is 16.7 Å². The standard InChI is InChI=1S/C9H12ClIO/c1-6-4-7(2)9(11(10)12)8(3)5-6/h4-5,12H,1-3H3. The van der Waals surface area contributed by atoms with Crippen LogP contribution >= 0.6 is 28.0 Å². The van der Waals surface area contributed by atoms with Crippen LogP contribution in [0.4, 0.5) is 0 Å². The van der Waals surface area contributed by atoms with Crippen molar-refractivity contribution in [2.75, 3.05) is 0 Å². The summed E-state index contributed by atoms with van der Waals surface area (Å²) in [5.41, 5.74) is 3.47. The van der Waals surface area contributed by atoms with Crippen molar-refractivity contribution in [1.82, 2.24) is 0 Å². The van der Waals surface area contributed by atoms with Gasteiger partial charge in [0.25, 0.3) is 0 Å². The first-order valence-electron chi connectivity index (χ1n) is 3.66. The SMILES string of the molecule is Cc1cc(C)c(I(O)Cl)c(C)c1. The summed E-state index contributed by atoms with van der Waals surface area (Å²) in [5, 5.41) is 0. The van der Waals surface area contributed by atoms with Crippen molar-refractivity contribution in [3.8, 4) is 0 Å². The minimum atomic E-state index is -2.32. The Morgan fingerprint density at radius 2 is 1.58 bits per heavy atom. The summed E-state index contributed by atoms with van der Waals surface area (Å²) in [6.45, 7) is 6.05. The molecule has 0 aromatic heterocycles. The third-order valence-corrected chi connectivity index (χ3v) is 5.29. The molecule has 3 heteroatoms. The minimum absolute atomic E-state index is 0.992. The first kappa shape index (κ1) is 10.3. The second-order valence-electron chi connectivity index (χ2n) is 2.93. The summed E-state index contributed by atoms with van der Waals surface area (Å²) in [7, 11) is 5.78. The van der Waals surface area contributed by atoms with Crippen molar-refractivity contribution in [2.24, 2.45) is 0 Å².